The zero-order chi connectivity index (χ0) is 25.2. The van der Waals surface area contributed by atoms with Crippen LogP contribution < -0.4 is 20.9 Å². The number of aromatic amines is 1. The molecule has 2 aromatic carbocycles. The maximum Gasteiger partial charge on any atom is 0.265 e. The number of rotatable bonds is 7. The predicted molar refractivity (Wildman–Crippen MR) is 140 cm³/mol. The van der Waals surface area contributed by atoms with Crippen LogP contribution in [0.4, 0.5) is 0 Å². The molecule has 186 valence electrons. The maximum absolute atomic E-state index is 12.9. The Balaban J connectivity index is 1.46. The number of benzene rings is 2. The summed E-state index contributed by atoms with van der Waals surface area (Å²) in [7, 11) is 1.58. The summed E-state index contributed by atoms with van der Waals surface area (Å²) in [6.07, 6.45) is 1.87. The average molecular weight is 525 g/mol. The lowest BCUT2D eigenvalue weighted by molar-refractivity contribution is 0.0861. The molecule has 1 fully saturated rings. The number of ether oxygens (including phenoxy) is 2. The Morgan fingerprint density at radius 1 is 1.22 bits per heavy atom. The Hall–Kier alpha value is -3.54. The third kappa shape index (κ3) is 4.64. The highest BCUT2D eigenvalue weighted by molar-refractivity contribution is 7.73. The lowest BCUT2D eigenvalue weighted by atomic mass is 10.1. The summed E-state index contributed by atoms with van der Waals surface area (Å²) in [6, 6.07) is 12.2. The number of thiazole rings is 1. The fourth-order valence-corrected chi connectivity index (χ4v) is 5.60. The van der Waals surface area contributed by atoms with Crippen molar-refractivity contribution in [3.63, 3.8) is 0 Å². The van der Waals surface area contributed by atoms with Gasteiger partial charge in [0.25, 0.3) is 17.4 Å². The molecule has 3 heterocycles. The quantitative estimate of drug-likeness (QED) is 0.319. The number of aromatic nitrogens is 2. The Morgan fingerprint density at radius 2 is 2.06 bits per heavy atom. The minimum absolute atomic E-state index is 0.00685. The van der Waals surface area contributed by atoms with Gasteiger partial charge in [-0.15, -0.1) is 0 Å². The number of carbonyl (C=O) groups is 2. The van der Waals surface area contributed by atoms with Crippen molar-refractivity contribution in [3.05, 3.63) is 72.8 Å². The smallest absolute Gasteiger partial charge is 0.265 e. The van der Waals surface area contributed by atoms with Crippen molar-refractivity contribution in [2.75, 3.05) is 20.3 Å². The molecule has 5 rings (SSSR count). The normalized spacial score (nSPS) is 15.3. The number of hydrogen-bond acceptors (Lipinski definition) is 7. The van der Waals surface area contributed by atoms with Gasteiger partial charge in [0.15, 0.2) is 3.95 Å². The third-order valence-corrected chi connectivity index (χ3v) is 7.51. The number of H-pyrrole nitrogens is 1. The Kier molecular flexibility index (Phi) is 6.86. The van der Waals surface area contributed by atoms with Gasteiger partial charge in [0.05, 0.1) is 24.1 Å². The summed E-state index contributed by atoms with van der Waals surface area (Å²) < 4.78 is 12.9. The van der Waals surface area contributed by atoms with Crippen LogP contribution in [0, 0.1) is 3.95 Å². The number of methoxy groups -OCH3 is 1. The minimum Gasteiger partial charge on any atom is -0.496 e. The highest BCUT2D eigenvalue weighted by Crippen LogP contribution is 2.24. The molecule has 2 amide bonds. The summed E-state index contributed by atoms with van der Waals surface area (Å²) in [5.41, 5.74) is 1.59. The lowest BCUT2D eigenvalue weighted by Crippen LogP contribution is -2.31. The predicted octanol–water partition coefficient (Wildman–Crippen LogP) is 3.42. The van der Waals surface area contributed by atoms with Gasteiger partial charge in [-0.3, -0.25) is 18.8 Å². The second kappa shape index (κ2) is 10.2. The Labute approximate surface area is 215 Å². The number of nitrogens with one attached hydrogen (secondary N) is 3. The van der Waals surface area contributed by atoms with E-state index in [4.69, 9.17) is 21.7 Å². The molecule has 36 heavy (non-hydrogen) atoms. The number of carbonyl (C=O) groups excluding carboxylic acids is 2. The number of para-hydroxylation sites is 1. The average Bonchev–Trinajstić information content (AvgIpc) is 3.53. The van der Waals surface area contributed by atoms with E-state index in [1.807, 2.05) is 24.3 Å². The van der Waals surface area contributed by atoms with Crippen LogP contribution in [0.25, 0.3) is 16.6 Å². The van der Waals surface area contributed by atoms with Crippen molar-refractivity contribution in [1.82, 2.24) is 20.0 Å². The highest BCUT2D eigenvalue weighted by atomic mass is 32.1. The van der Waals surface area contributed by atoms with E-state index < -0.39 is 0 Å². The molecule has 0 bridgehead atoms. The van der Waals surface area contributed by atoms with Crippen LogP contribution in [-0.4, -0.2) is 47.6 Å². The second-order valence-corrected chi connectivity index (χ2v) is 10.1. The van der Waals surface area contributed by atoms with Crippen molar-refractivity contribution in [2.24, 2.45) is 0 Å². The summed E-state index contributed by atoms with van der Waals surface area (Å²) in [5, 5.41) is 6.13. The molecule has 0 radical (unpaired) electrons. The first-order valence-corrected chi connectivity index (χ1v) is 12.7. The molecule has 9 nitrogen and oxygen atoms in total. The molecule has 0 unspecified atom stereocenters. The molecule has 0 aliphatic carbocycles. The van der Waals surface area contributed by atoms with Gasteiger partial charge in [-0.25, -0.2) is 0 Å². The first-order chi connectivity index (χ1) is 17.5. The molecule has 4 aromatic rings. The van der Waals surface area contributed by atoms with Gasteiger partial charge in [-0.2, -0.15) is 0 Å². The van der Waals surface area contributed by atoms with Gasteiger partial charge < -0.3 is 25.1 Å². The van der Waals surface area contributed by atoms with Crippen molar-refractivity contribution in [2.45, 2.75) is 25.5 Å². The van der Waals surface area contributed by atoms with E-state index in [1.165, 1.54) is 0 Å². The largest absolute Gasteiger partial charge is 0.496 e. The van der Waals surface area contributed by atoms with E-state index in [0.717, 1.165) is 29.7 Å². The SMILES string of the molecule is COc1ccccc1CNC(=O)c1ccc2c(=O)[nH]c3c(C(=O)NC[C@@H]4CCCO4)sc(=S)n3c2c1. The molecule has 0 spiro atoms. The Morgan fingerprint density at radius 3 is 2.83 bits per heavy atom. The zero-order valence-corrected chi connectivity index (χ0v) is 21.1. The molecule has 11 heteroatoms. The molecule has 1 aliphatic rings. The van der Waals surface area contributed by atoms with Gasteiger partial charge >= 0.3 is 0 Å². The minimum atomic E-state index is -0.369. The highest BCUT2D eigenvalue weighted by Gasteiger charge is 2.21. The van der Waals surface area contributed by atoms with E-state index in [2.05, 4.69) is 15.6 Å². The van der Waals surface area contributed by atoms with Crippen LogP contribution >= 0.6 is 23.6 Å². The van der Waals surface area contributed by atoms with E-state index in [9.17, 15) is 14.4 Å². The molecule has 3 N–H and O–H groups in total. The van der Waals surface area contributed by atoms with E-state index >= 15 is 0 Å². The first kappa shape index (κ1) is 24.2. The number of amides is 2. The summed E-state index contributed by atoms with van der Waals surface area (Å²) in [6.45, 7) is 1.37. The monoisotopic (exact) mass is 524 g/mol. The van der Waals surface area contributed by atoms with Gasteiger partial charge in [0.1, 0.15) is 16.3 Å². The molecule has 1 aliphatic heterocycles. The van der Waals surface area contributed by atoms with Crippen LogP contribution in [0.5, 0.6) is 5.75 Å². The molecular formula is C25H24N4O5S2. The fourth-order valence-electron chi connectivity index (χ4n) is 4.30. The van der Waals surface area contributed by atoms with Crippen molar-refractivity contribution in [1.29, 1.82) is 0 Å². The summed E-state index contributed by atoms with van der Waals surface area (Å²) in [4.78, 5) is 41.8. The van der Waals surface area contributed by atoms with Gasteiger partial charge in [-0.05, 0) is 49.3 Å². The van der Waals surface area contributed by atoms with E-state index in [1.54, 1.807) is 29.7 Å². The van der Waals surface area contributed by atoms with Crippen LogP contribution in [0.1, 0.15) is 38.4 Å². The number of hydrogen-bond donors (Lipinski definition) is 3. The zero-order valence-electron chi connectivity index (χ0n) is 19.5. The van der Waals surface area contributed by atoms with Crippen molar-refractivity contribution in [3.8, 4) is 5.75 Å². The summed E-state index contributed by atoms with van der Waals surface area (Å²) >= 11 is 6.66. The maximum atomic E-state index is 12.9. The molecule has 2 aromatic heterocycles. The van der Waals surface area contributed by atoms with Crippen LogP contribution in [0.2, 0.25) is 0 Å². The molecule has 0 saturated carbocycles. The van der Waals surface area contributed by atoms with Crippen LogP contribution in [0.15, 0.2) is 47.3 Å². The third-order valence-electron chi connectivity index (χ3n) is 6.14. The van der Waals surface area contributed by atoms with E-state index in [-0.39, 0.29) is 30.0 Å². The van der Waals surface area contributed by atoms with Crippen LogP contribution in [-0.2, 0) is 11.3 Å². The Bertz CT molecular complexity index is 1580. The van der Waals surface area contributed by atoms with E-state index in [0.29, 0.717) is 49.8 Å². The van der Waals surface area contributed by atoms with Crippen molar-refractivity contribution >= 4 is 51.9 Å². The van der Waals surface area contributed by atoms with Crippen molar-refractivity contribution < 1.29 is 19.1 Å². The van der Waals surface area contributed by atoms with Crippen LogP contribution in [0.3, 0.4) is 0 Å². The standard InChI is InChI=1S/C25H24N4O5S2/c1-33-19-7-3-2-5-15(19)12-26-22(30)14-8-9-17-18(11-14)29-21(28-23(17)31)20(36-25(29)35)24(32)27-13-16-6-4-10-34-16/h2-3,5,7-9,11,16H,4,6,10,12-13H2,1H3,(H,26,30)(H,27,32)(H,28,31)/t16-/m0/s1. The van der Waals surface area contributed by atoms with Gasteiger partial charge in [0.2, 0.25) is 0 Å². The fraction of sp³-hybridized carbons (Fsp3) is 0.280. The number of fused-ring (bicyclic) bond motifs is 3. The molecule has 1 saturated heterocycles. The topological polar surface area (TPSA) is 114 Å². The molecule has 1 atom stereocenters. The van der Waals surface area contributed by atoms with Gasteiger partial charge in [0, 0.05) is 30.8 Å². The second-order valence-electron chi connectivity index (χ2n) is 8.41. The first-order valence-electron chi connectivity index (χ1n) is 11.5. The van der Waals surface area contributed by atoms with Gasteiger partial charge in [-0.1, -0.05) is 29.5 Å². The molecular weight excluding hydrogens is 500 g/mol. The summed E-state index contributed by atoms with van der Waals surface area (Å²) in [5.74, 6) is 0.0387. The lowest BCUT2D eigenvalue weighted by Gasteiger charge is -2.11. The number of nitrogens with zero attached hydrogens (tertiary/aromatic N) is 1.